The molecule has 1 amide bonds. The number of unbranched alkanes of at least 4 members (excludes halogenated alkanes) is 2. The Hall–Kier alpha value is -2.78. The molecule has 28 heavy (non-hydrogen) atoms. The van der Waals surface area contributed by atoms with Crippen LogP contribution in [0.1, 0.15) is 29.6 Å². The minimum Gasteiger partial charge on any atom is -0.748 e. The van der Waals surface area contributed by atoms with Crippen molar-refractivity contribution in [3.05, 3.63) is 54.1 Å². The highest BCUT2D eigenvalue weighted by atomic mass is 32.2. The van der Waals surface area contributed by atoms with Gasteiger partial charge in [-0.3, -0.25) is 4.79 Å². The molecule has 8 nitrogen and oxygen atoms in total. The monoisotopic (exact) mass is 408 g/mol. The number of amides is 1. The van der Waals surface area contributed by atoms with Gasteiger partial charge in [0.2, 0.25) is 0 Å². The van der Waals surface area contributed by atoms with E-state index in [-0.39, 0.29) is 5.91 Å². The van der Waals surface area contributed by atoms with E-state index in [9.17, 15) is 4.79 Å². The molecule has 0 aliphatic carbocycles. The van der Waals surface area contributed by atoms with Crippen LogP contribution < -0.4 is 21.5 Å². The Kier molecular flexibility index (Phi) is 9.83. The Balaban J connectivity index is 0.000000696. The first-order valence-corrected chi connectivity index (χ1v) is 10.5. The molecule has 0 unspecified atom stereocenters. The predicted octanol–water partition coefficient (Wildman–Crippen LogP) is 1.99. The van der Waals surface area contributed by atoms with E-state index < -0.39 is 10.1 Å². The van der Waals surface area contributed by atoms with E-state index >= 15 is 0 Å². The standard InChI is InChI=1S/C18H23N3O2.CH4O3S/c19-15-6-4-14(5-7-15)18(22)21-12-2-1-3-13-23-17-10-8-16(20)9-11-17;1-5(2,3)4/h4-11H,1-3,12-13,19-20H2,(H,21,22);1H3,(H,2,3,4)/p-1. The van der Waals surface area contributed by atoms with Gasteiger partial charge in [0.25, 0.3) is 5.91 Å². The van der Waals surface area contributed by atoms with Crippen molar-refractivity contribution >= 4 is 27.4 Å². The van der Waals surface area contributed by atoms with Crippen LogP contribution in [0.15, 0.2) is 48.5 Å². The third-order valence-corrected chi connectivity index (χ3v) is 3.43. The van der Waals surface area contributed by atoms with Gasteiger partial charge in [0.15, 0.2) is 0 Å². The van der Waals surface area contributed by atoms with Crippen molar-refractivity contribution in [3.63, 3.8) is 0 Å². The maximum Gasteiger partial charge on any atom is 0.251 e. The quantitative estimate of drug-likeness (QED) is 0.344. The molecule has 5 N–H and O–H groups in total. The predicted molar refractivity (Wildman–Crippen MR) is 109 cm³/mol. The second-order valence-corrected chi connectivity index (χ2v) is 7.47. The number of nitrogens with two attached hydrogens (primary N) is 2. The highest BCUT2D eigenvalue weighted by Crippen LogP contribution is 2.13. The van der Waals surface area contributed by atoms with Gasteiger partial charge in [-0.15, -0.1) is 0 Å². The molecule has 0 aliphatic rings. The highest BCUT2D eigenvalue weighted by molar-refractivity contribution is 7.84. The minimum absolute atomic E-state index is 0.0666. The normalized spacial score (nSPS) is 10.5. The van der Waals surface area contributed by atoms with Gasteiger partial charge in [0.05, 0.1) is 16.7 Å². The van der Waals surface area contributed by atoms with Crippen LogP contribution in [-0.2, 0) is 10.1 Å². The van der Waals surface area contributed by atoms with Crippen molar-refractivity contribution in [3.8, 4) is 5.75 Å². The first kappa shape index (κ1) is 23.3. The van der Waals surface area contributed by atoms with Crippen LogP contribution in [-0.4, -0.2) is 38.3 Å². The minimum atomic E-state index is -3.92. The first-order chi connectivity index (χ1) is 13.1. The lowest BCUT2D eigenvalue weighted by molar-refractivity contribution is 0.0953. The number of nitrogen functional groups attached to an aromatic ring is 2. The van der Waals surface area contributed by atoms with Crippen LogP contribution in [0.4, 0.5) is 11.4 Å². The summed E-state index contributed by atoms with van der Waals surface area (Å²) in [6.07, 6.45) is 3.47. The molecule has 0 saturated carbocycles. The Morgan fingerprint density at radius 1 is 0.964 bits per heavy atom. The summed E-state index contributed by atoms with van der Waals surface area (Å²) in [5.41, 5.74) is 13.2. The van der Waals surface area contributed by atoms with Gasteiger partial charge in [-0.25, -0.2) is 8.42 Å². The molecule has 9 heteroatoms. The van der Waals surface area contributed by atoms with Crippen LogP contribution in [0.25, 0.3) is 0 Å². The van der Waals surface area contributed by atoms with E-state index in [0.29, 0.717) is 30.7 Å². The third-order valence-electron chi connectivity index (χ3n) is 3.43. The van der Waals surface area contributed by atoms with Gasteiger partial charge in [-0.05, 0) is 67.8 Å². The Morgan fingerprint density at radius 2 is 1.46 bits per heavy atom. The molecule has 0 radical (unpaired) electrons. The van der Waals surface area contributed by atoms with Crippen molar-refractivity contribution in [2.75, 3.05) is 30.9 Å². The number of nitrogens with one attached hydrogen (secondary N) is 1. The molecule has 154 valence electrons. The van der Waals surface area contributed by atoms with Crippen molar-refractivity contribution in [2.24, 2.45) is 0 Å². The number of ether oxygens (including phenoxy) is 1. The maximum atomic E-state index is 11.9. The van der Waals surface area contributed by atoms with Crippen LogP contribution in [0.2, 0.25) is 0 Å². The van der Waals surface area contributed by atoms with E-state index in [1.165, 1.54) is 0 Å². The summed E-state index contributed by atoms with van der Waals surface area (Å²) in [7, 11) is -3.92. The highest BCUT2D eigenvalue weighted by Gasteiger charge is 2.03. The molecule has 0 aromatic heterocycles. The number of hydrogen-bond acceptors (Lipinski definition) is 7. The Bertz CT molecular complexity index is 814. The summed E-state index contributed by atoms with van der Waals surface area (Å²) in [6, 6.07) is 14.3. The fourth-order valence-corrected chi connectivity index (χ4v) is 2.10. The Labute approximate surface area is 165 Å². The van der Waals surface area contributed by atoms with Gasteiger partial charge in [-0.1, -0.05) is 0 Å². The molecule has 0 aliphatic heterocycles. The zero-order chi connectivity index (χ0) is 21.0. The van der Waals surface area contributed by atoms with E-state index in [1.54, 1.807) is 24.3 Å². The molecule has 0 spiro atoms. The molecule has 0 fully saturated rings. The molecule has 0 bridgehead atoms. The zero-order valence-electron chi connectivity index (χ0n) is 15.8. The van der Waals surface area contributed by atoms with Gasteiger partial charge in [0.1, 0.15) is 5.75 Å². The van der Waals surface area contributed by atoms with Crippen LogP contribution >= 0.6 is 0 Å². The third kappa shape index (κ3) is 11.8. The summed E-state index contributed by atoms with van der Waals surface area (Å²) in [5.74, 6) is 0.763. The number of anilines is 2. The first-order valence-electron chi connectivity index (χ1n) is 8.68. The molecule has 0 heterocycles. The second-order valence-electron chi connectivity index (χ2n) is 6.06. The molecule has 2 aromatic rings. The average molecular weight is 409 g/mol. The lowest BCUT2D eigenvalue weighted by atomic mass is 10.2. The fraction of sp³-hybridized carbons (Fsp3) is 0.316. The smallest absolute Gasteiger partial charge is 0.251 e. The van der Waals surface area contributed by atoms with E-state index in [1.807, 2.05) is 24.3 Å². The van der Waals surface area contributed by atoms with Gasteiger partial charge >= 0.3 is 0 Å². The van der Waals surface area contributed by atoms with E-state index in [4.69, 9.17) is 29.2 Å². The van der Waals surface area contributed by atoms with Crippen molar-refractivity contribution in [1.29, 1.82) is 0 Å². The summed E-state index contributed by atoms with van der Waals surface area (Å²) in [4.78, 5) is 11.9. The number of carbonyl (C=O) groups is 1. The number of hydrogen-bond donors (Lipinski definition) is 3. The van der Waals surface area contributed by atoms with E-state index in [0.717, 1.165) is 30.7 Å². The van der Waals surface area contributed by atoms with Crippen molar-refractivity contribution < 1.29 is 22.5 Å². The van der Waals surface area contributed by atoms with E-state index in [2.05, 4.69) is 5.32 Å². The van der Waals surface area contributed by atoms with Crippen LogP contribution in [0.3, 0.4) is 0 Å². The van der Waals surface area contributed by atoms with Gasteiger partial charge < -0.3 is 26.1 Å². The van der Waals surface area contributed by atoms with Crippen molar-refractivity contribution in [1.82, 2.24) is 5.32 Å². The average Bonchev–Trinajstić information content (AvgIpc) is 2.61. The largest absolute Gasteiger partial charge is 0.748 e. The zero-order valence-corrected chi connectivity index (χ0v) is 16.6. The summed E-state index contributed by atoms with van der Waals surface area (Å²) < 4.78 is 32.8. The van der Waals surface area contributed by atoms with Gasteiger partial charge in [0, 0.05) is 29.7 Å². The van der Waals surface area contributed by atoms with Gasteiger partial charge in [-0.2, -0.15) is 0 Å². The topological polar surface area (TPSA) is 148 Å². The maximum absolute atomic E-state index is 11.9. The lowest BCUT2D eigenvalue weighted by Crippen LogP contribution is -2.24. The molecule has 0 atom stereocenters. The van der Waals surface area contributed by atoms with Crippen LogP contribution in [0, 0.1) is 0 Å². The summed E-state index contributed by atoms with van der Waals surface area (Å²) in [5, 5.41) is 2.90. The van der Waals surface area contributed by atoms with Crippen LogP contribution in [0.5, 0.6) is 5.75 Å². The molecule has 0 saturated heterocycles. The molecular formula is C19H26N3O5S-. The van der Waals surface area contributed by atoms with Crippen molar-refractivity contribution in [2.45, 2.75) is 19.3 Å². The fourth-order valence-electron chi connectivity index (χ4n) is 2.10. The summed E-state index contributed by atoms with van der Waals surface area (Å²) in [6.45, 7) is 1.32. The SMILES string of the molecule is CS(=O)(=O)[O-].Nc1ccc(OCCCCCNC(=O)c2ccc(N)cc2)cc1. The molecule has 2 aromatic carbocycles. The number of rotatable bonds is 8. The second kappa shape index (κ2) is 11.8. The summed E-state index contributed by atoms with van der Waals surface area (Å²) >= 11 is 0. The Morgan fingerprint density at radius 3 is 2.00 bits per heavy atom. The molecular weight excluding hydrogens is 382 g/mol. The molecule has 2 rings (SSSR count). The lowest BCUT2D eigenvalue weighted by Gasteiger charge is -2.07. The number of carbonyl (C=O) groups excluding carboxylic acids is 1. The number of benzene rings is 2.